The van der Waals surface area contributed by atoms with Crippen molar-refractivity contribution < 1.29 is 9.47 Å². The molecular formula is C16H21NO2S. The van der Waals surface area contributed by atoms with Gasteiger partial charge in [0.15, 0.2) is 0 Å². The molecule has 0 aliphatic rings. The highest BCUT2D eigenvalue weighted by Gasteiger charge is 2.16. The quantitative estimate of drug-likeness (QED) is 0.840. The number of ether oxygens (including phenoxy) is 2. The van der Waals surface area contributed by atoms with E-state index >= 15 is 0 Å². The van der Waals surface area contributed by atoms with Crippen molar-refractivity contribution in [3.8, 4) is 11.5 Å². The van der Waals surface area contributed by atoms with Crippen molar-refractivity contribution in [1.29, 1.82) is 0 Å². The highest BCUT2D eigenvalue weighted by molar-refractivity contribution is 7.08. The van der Waals surface area contributed by atoms with Crippen LogP contribution in [0.5, 0.6) is 11.5 Å². The number of nitrogens with one attached hydrogen (secondary N) is 1. The highest BCUT2D eigenvalue weighted by atomic mass is 32.1. The van der Waals surface area contributed by atoms with Gasteiger partial charge in [0.2, 0.25) is 0 Å². The maximum absolute atomic E-state index is 5.36. The second-order valence-corrected chi connectivity index (χ2v) is 5.37. The molecule has 2 aromatic rings. The topological polar surface area (TPSA) is 30.5 Å². The van der Waals surface area contributed by atoms with Gasteiger partial charge in [0, 0.05) is 6.07 Å². The van der Waals surface area contributed by atoms with Crippen LogP contribution in [0.4, 0.5) is 0 Å². The summed E-state index contributed by atoms with van der Waals surface area (Å²) < 4.78 is 10.7. The molecule has 1 heterocycles. The van der Waals surface area contributed by atoms with Crippen LogP contribution in [-0.2, 0) is 0 Å². The largest absolute Gasteiger partial charge is 0.497 e. The van der Waals surface area contributed by atoms with Crippen molar-refractivity contribution in [2.24, 2.45) is 0 Å². The number of rotatable bonds is 7. The molecule has 0 spiro atoms. The molecule has 108 valence electrons. The first-order chi connectivity index (χ1) is 9.78. The zero-order valence-electron chi connectivity index (χ0n) is 12.2. The molecule has 0 amide bonds. The molecule has 0 aliphatic heterocycles. The Bertz CT molecular complexity index is 503. The van der Waals surface area contributed by atoms with Gasteiger partial charge in [0.05, 0.1) is 20.3 Å². The van der Waals surface area contributed by atoms with E-state index in [1.54, 1.807) is 25.6 Å². The lowest BCUT2D eigenvalue weighted by Crippen LogP contribution is -2.22. The molecule has 1 atom stereocenters. The van der Waals surface area contributed by atoms with E-state index in [2.05, 4.69) is 41.2 Å². The Kier molecular flexibility index (Phi) is 5.44. The van der Waals surface area contributed by atoms with Crippen molar-refractivity contribution in [2.45, 2.75) is 19.4 Å². The maximum Gasteiger partial charge on any atom is 0.122 e. The van der Waals surface area contributed by atoms with Crippen LogP contribution in [0, 0.1) is 0 Å². The van der Waals surface area contributed by atoms with E-state index in [-0.39, 0.29) is 6.04 Å². The first kappa shape index (κ1) is 14.9. The summed E-state index contributed by atoms with van der Waals surface area (Å²) in [6.07, 6.45) is 1.10. The summed E-state index contributed by atoms with van der Waals surface area (Å²) in [5.41, 5.74) is 2.44. The molecule has 0 saturated carbocycles. The van der Waals surface area contributed by atoms with E-state index in [0.717, 1.165) is 30.0 Å². The van der Waals surface area contributed by atoms with E-state index in [1.165, 1.54) is 5.56 Å². The van der Waals surface area contributed by atoms with Crippen LogP contribution in [0.15, 0.2) is 35.0 Å². The number of hydrogen-bond donors (Lipinski definition) is 1. The lowest BCUT2D eigenvalue weighted by atomic mass is 10.0. The minimum absolute atomic E-state index is 0.171. The summed E-state index contributed by atoms with van der Waals surface area (Å²) >= 11 is 1.71. The lowest BCUT2D eigenvalue weighted by molar-refractivity contribution is 0.392. The monoisotopic (exact) mass is 291 g/mol. The normalized spacial score (nSPS) is 12.2. The molecule has 1 unspecified atom stereocenters. The first-order valence-corrected chi connectivity index (χ1v) is 7.71. The van der Waals surface area contributed by atoms with Gasteiger partial charge in [0.25, 0.3) is 0 Å². The van der Waals surface area contributed by atoms with Crippen LogP contribution in [0.25, 0.3) is 0 Å². The Morgan fingerprint density at radius 2 is 1.80 bits per heavy atom. The molecule has 0 fully saturated rings. The Balaban J connectivity index is 2.37. The third-order valence-electron chi connectivity index (χ3n) is 3.18. The predicted molar refractivity (Wildman–Crippen MR) is 84.0 cm³/mol. The summed E-state index contributed by atoms with van der Waals surface area (Å²) in [5.74, 6) is 1.63. The molecule has 1 aromatic heterocycles. The van der Waals surface area contributed by atoms with Crippen LogP contribution in [0.1, 0.15) is 30.5 Å². The van der Waals surface area contributed by atoms with E-state index in [9.17, 15) is 0 Å². The molecule has 20 heavy (non-hydrogen) atoms. The van der Waals surface area contributed by atoms with Crippen molar-refractivity contribution in [2.75, 3.05) is 20.8 Å². The van der Waals surface area contributed by atoms with E-state index < -0.39 is 0 Å². The summed E-state index contributed by atoms with van der Waals surface area (Å²) in [5, 5.41) is 7.87. The van der Waals surface area contributed by atoms with Crippen molar-refractivity contribution in [3.63, 3.8) is 0 Å². The summed E-state index contributed by atoms with van der Waals surface area (Å²) in [6.45, 7) is 3.14. The van der Waals surface area contributed by atoms with Crippen LogP contribution in [-0.4, -0.2) is 20.8 Å². The average molecular weight is 291 g/mol. The minimum atomic E-state index is 0.171. The molecule has 1 N–H and O–H groups in total. The van der Waals surface area contributed by atoms with E-state index in [4.69, 9.17) is 9.47 Å². The Morgan fingerprint density at radius 3 is 2.30 bits per heavy atom. The molecular weight excluding hydrogens is 270 g/mol. The molecule has 3 nitrogen and oxygen atoms in total. The van der Waals surface area contributed by atoms with Crippen molar-refractivity contribution in [1.82, 2.24) is 5.32 Å². The molecule has 0 bridgehead atoms. The second-order valence-electron chi connectivity index (χ2n) is 4.59. The number of hydrogen-bond acceptors (Lipinski definition) is 4. The van der Waals surface area contributed by atoms with Crippen LogP contribution < -0.4 is 14.8 Å². The van der Waals surface area contributed by atoms with Gasteiger partial charge in [-0.25, -0.2) is 0 Å². The summed E-state index contributed by atoms with van der Waals surface area (Å²) in [6, 6.07) is 8.35. The predicted octanol–water partition coefficient (Wildman–Crippen LogP) is 3.85. The van der Waals surface area contributed by atoms with Gasteiger partial charge in [-0.05, 0) is 53.1 Å². The number of thiophene rings is 1. The fourth-order valence-corrected chi connectivity index (χ4v) is 2.84. The lowest BCUT2D eigenvalue weighted by Gasteiger charge is -2.19. The van der Waals surface area contributed by atoms with Gasteiger partial charge in [-0.1, -0.05) is 6.92 Å². The standard InChI is InChI=1S/C16H21NO2S/c1-4-6-17-16(12-5-7-20-11-12)13-8-14(18-2)10-15(9-13)19-3/h5,7-11,16-17H,4,6H2,1-3H3. The highest BCUT2D eigenvalue weighted by Crippen LogP contribution is 2.30. The van der Waals surface area contributed by atoms with Crippen LogP contribution in [0.3, 0.4) is 0 Å². The molecule has 2 rings (SSSR count). The Morgan fingerprint density at radius 1 is 1.10 bits per heavy atom. The van der Waals surface area contributed by atoms with Gasteiger partial charge in [-0.3, -0.25) is 0 Å². The van der Waals surface area contributed by atoms with Crippen molar-refractivity contribution in [3.05, 3.63) is 46.2 Å². The Labute approximate surface area is 124 Å². The summed E-state index contributed by atoms with van der Waals surface area (Å²) in [4.78, 5) is 0. The van der Waals surface area contributed by atoms with Gasteiger partial charge < -0.3 is 14.8 Å². The molecule has 1 aromatic carbocycles. The first-order valence-electron chi connectivity index (χ1n) is 6.77. The van der Waals surface area contributed by atoms with Gasteiger partial charge in [0.1, 0.15) is 11.5 Å². The second kappa shape index (κ2) is 7.31. The molecule has 0 aliphatic carbocycles. The van der Waals surface area contributed by atoms with Crippen LogP contribution in [0.2, 0.25) is 0 Å². The molecule has 4 heteroatoms. The number of benzene rings is 1. The third kappa shape index (κ3) is 3.52. The minimum Gasteiger partial charge on any atom is -0.497 e. The average Bonchev–Trinajstić information content (AvgIpc) is 3.01. The van der Waals surface area contributed by atoms with Crippen molar-refractivity contribution >= 4 is 11.3 Å². The van der Waals surface area contributed by atoms with Crippen LogP contribution >= 0.6 is 11.3 Å². The maximum atomic E-state index is 5.36. The zero-order valence-corrected chi connectivity index (χ0v) is 13.0. The van der Waals surface area contributed by atoms with Gasteiger partial charge >= 0.3 is 0 Å². The fraction of sp³-hybridized carbons (Fsp3) is 0.375. The van der Waals surface area contributed by atoms with Gasteiger partial charge in [-0.15, -0.1) is 0 Å². The Hall–Kier alpha value is -1.52. The summed E-state index contributed by atoms with van der Waals surface area (Å²) in [7, 11) is 3.36. The van der Waals surface area contributed by atoms with E-state index in [1.807, 2.05) is 6.07 Å². The smallest absolute Gasteiger partial charge is 0.122 e. The SMILES string of the molecule is CCCNC(c1ccsc1)c1cc(OC)cc(OC)c1. The third-order valence-corrected chi connectivity index (χ3v) is 3.88. The zero-order chi connectivity index (χ0) is 14.4. The molecule has 0 radical (unpaired) electrons. The molecule has 0 saturated heterocycles. The fourth-order valence-electron chi connectivity index (χ4n) is 2.15. The van der Waals surface area contributed by atoms with Gasteiger partial charge in [-0.2, -0.15) is 11.3 Å². The number of methoxy groups -OCH3 is 2. The van der Waals surface area contributed by atoms with E-state index in [0.29, 0.717) is 0 Å².